The Bertz CT molecular complexity index is 461. The molecule has 1 amide bonds. The summed E-state index contributed by atoms with van der Waals surface area (Å²) in [7, 11) is 0. The van der Waals surface area contributed by atoms with Crippen LogP contribution in [0.15, 0.2) is 24.3 Å². The average molecular weight is 295 g/mol. The summed E-state index contributed by atoms with van der Waals surface area (Å²) in [5.41, 5.74) is 1.12. The summed E-state index contributed by atoms with van der Waals surface area (Å²) in [6.07, 6.45) is 0.575. The quantitative estimate of drug-likeness (QED) is 0.631. The highest BCUT2D eigenvalue weighted by Gasteiger charge is 2.04. The van der Waals surface area contributed by atoms with Crippen LogP contribution in [-0.2, 0) is 20.7 Å². The number of hydrogen-bond donors (Lipinski definition) is 2. The largest absolute Gasteiger partial charge is 0.478 e. The summed E-state index contributed by atoms with van der Waals surface area (Å²) in [6.45, 7) is 3.84. The SMILES string of the molecule is CCOCCOCC(=O)NCCc1cccc(C(=O)O)c1. The van der Waals surface area contributed by atoms with E-state index in [0.717, 1.165) is 5.56 Å². The molecule has 0 bridgehead atoms. The van der Waals surface area contributed by atoms with Gasteiger partial charge in [-0.3, -0.25) is 4.79 Å². The summed E-state index contributed by atoms with van der Waals surface area (Å²) in [4.78, 5) is 22.3. The predicted molar refractivity (Wildman–Crippen MR) is 77.4 cm³/mol. The number of ether oxygens (including phenoxy) is 2. The van der Waals surface area contributed by atoms with Gasteiger partial charge >= 0.3 is 5.97 Å². The van der Waals surface area contributed by atoms with Crippen molar-refractivity contribution < 1.29 is 24.2 Å². The van der Waals surface area contributed by atoms with E-state index in [1.165, 1.54) is 6.07 Å². The predicted octanol–water partition coefficient (Wildman–Crippen LogP) is 1.10. The summed E-state index contributed by atoms with van der Waals surface area (Å²) < 4.78 is 10.2. The first-order valence-corrected chi connectivity index (χ1v) is 6.88. The van der Waals surface area contributed by atoms with Crippen LogP contribution in [0, 0.1) is 0 Å². The Kier molecular flexibility index (Phi) is 8.08. The Morgan fingerprint density at radius 1 is 1.24 bits per heavy atom. The zero-order valence-electron chi connectivity index (χ0n) is 12.1. The molecule has 6 heteroatoms. The van der Waals surface area contributed by atoms with Crippen LogP contribution < -0.4 is 5.32 Å². The molecule has 116 valence electrons. The monoisotopic (exact) mass is 295 g/mol. The smallest absolute Gasteiger partial charge is 0.335 e. The van der Waals surface area contributed by atoms with Crippen molar-refractivity contribution >= 4 is 11.9 Å². The molecule has 1 rings (SSSR count). The van der Waals surface area contributed by atoms with Crippen molar-refractivity contribution in [1.29, 1.82) is 0 Å². The highest BCUT2D eigenvalue weighted by atomic mass is 16.5. The number of amides is 1. The zero-order chi connectivity index (χ0) is 15.5. The first-order valence-electron chi connectivity index (χ1n) is 6.88. The third-order valence-electron chi connectivity index (χ3n) is 2.72. The second kappa shape index (κ2) is 9.90. The van der Waals surface area contributed by atoms with Crippen LogP contribution in [0.5, 0.6) is 0 Å². The molecule has 1 aromatic carbocycles. The van der Waals surface area contributed by atoms with Crippen LogP contribution in [0.4, 0.5) is 0 Å². The maximum atomic E-state index is 11.5. The number of carboxylic acids is 1. The normalized spacial score (nSPS) is 10.3. The minimum Gasteiger partial charge on any atom is -0.478 e. The first kappa shape index (κ1) is 17.1. The molecule has 0 aliphatic rings. The standard InChI is InChI=1S/C15H21NO5/c1-2-20-8-9-21-11-14(17)16-7-6-12-4-3-5-13(10-12)15(18)19/h3-5,10H,2,6-9,11H2,1H3,(H,16,17)(H,18,19). The van der Waals surface area contributed by atoms with E-state index in [4.69, 9.17) is 14.6 Å². The van der Waals surface area contributed by atoms with E-state index >= 15 is 0 Å². The topological polar surface area (TPSA) is 84.9 Å². The lowest BCUT2D eigenvalue weighted by Crippen LogP contribution is -2.30. The Hall–Kier alpha value is -1.92. The van der Waals surface area contributed by atoms with Crippen molar-refractivity contribution in [2.45, 2.75) is 13.3 Å². The molecule has 1 aromatic rings. The maximum absolute atomic E-state index is 11.5. The van der Waals surface area contributed by atoms with Crippen LogP contribution in [-0.4, -0.2) is 50.0 Å². The van der Waals surface area contributed by atoms with Gasteiger partial charge in [0.15, 0.2) is 0 Å². The molecular weight excluding hydrogens is 274 g/mol. The van der Waals surface area contributed by atoms with E-state index in [2.05, 4.69) is 5.32 Å². The van der Waals surface area contributed by atoms with Crippen molar-refractivity contribution in [3.63, 3.8) is 0 Å². The first-order chi connectivity index (χ1) is 10.1. The fourth-order valence-corrected chi connectivity index (χ4v) is 1.68. The second-order valence-corrected chi connectivity index (χ2v) is 4.35. The number of nitrogens with one attached hydrogen (secondary N) is 1. The lowest BCUT2D eigenvalue weighted by molar-refractivity contribution is -0.126. The van der Waals surface area contributed by atoms with E-state index in [9.17, 15) is 9.59 Å². The molecule has 0 aliphatic heterocycles. The summed E-state index contributed by atoms with van der Waals surface area (Å²) >= 11 is 0. The third kappa shape index (κ3) is 7.43. The Labute approximate surface area is 124 Å². The van der Waals surface area contributed by atoms with E-state index in [-0.39, 0.29) is 18.1 Å². The summed E-state index contributed by atoms with van der Waals surface area (Å²) in [6, 6.07) is 6.67. The van der Waals surface area contributed by atoms with Crippen molar-refractivity contribution in [3.8, 4) is 0 Å². The molecule has 0 radical (unpaired) electrons. The minimum atomic E-state index is -0.955. The number of carbonyl (C=O) groups is 2. The van der Waals surface area contributed by atoms with Crippen LogP contribution in [0.3, 0.4) is 0 Å². The maximum Gasteiger partial charge on any atom is 0.335 e. The fourth-order valence-electron chi connectivity index (χ4n) is 1.68. The molecule has 0 aromatic heterocycles. The molecular formula is C15H21NO5. The lowest BCUT2D eigenvalue weighted by Gasteiger charge is -2.07. The van der Waals surface area contributed by atoms with Crippen LogP contribution in [0.25, 0.3) is 0 Å². The van der Waals surface area contributed by atoms with Gasteiger partial charge in [-0.05, 0) is 31.0 Å². The van der Waals surface area contributed by atoms with E-state index < -0.39 is 5.97 Å². The average Bonchev–Trinajstić information content (AvgIpc) is 2.47. The molecule has 0 saturated carbocycles. The van der Waals surface area contributed by atoms with Crippen molar-refractivity contribution in [1.82, 2.24) is 5.32 Å². The van der Waals surface area contributed by atoms with Crippen LogP contribution in [0.1, 0.15) is 22.8 Å². The van der Waals surface area contributed by atoms with Gasteiger partial charge in [-0.25, -0.2) is 4.79 Å². The van der Waals surface area contributed by atoms with Crippen LogP contribution >= 0.6 is 0 Å². The Morgan fingerprint density at radius 3 is 2.71 bits per heavy atom. The number of benzene rings is 1. The minimum absolute atomic E-state index is 0.00222. The number of rotatable bonds is 10. The van der Waals surface area contributed by atoms with Gasteiger partial charge in [0.1, 0.15) is 6.61 Å². The van der Waals surface area contributed by atoms with Gasteiger partial charge in [-0.2, -0.15) is 0 Å². The van der Waals surface area contributed by atoms with Gasteiger partial charge in [-0.15, -0.1) is 0 Å². The van der Waals surface area contributed by atoms with Gasteiger partial charge in [0.2, 0.25) is 5.91 Å². The molecule has 0 saturated heterocycles. The molecule has 0 unspecified atom stereocenters. The molecule has 0 aliphatic carbocycles. The number of aromatic carboxylic acids is 1. The van der Waals surface area contributed by atoms with Crippen molar-refractivity contribution in [2.75, 3.05) is 33.0 Å². The van der Waals surface area contributed by atoms with Gasteiger partial charge in [0.05, 0.1) is 18.8 Å². The van der Waals surface area contributed by atoms with Crippen molar-refractivity contribution in [3.05, 3.63) is 35.4 Å². The van der Waals surface area contributed by atoms with Gasteiger partial charge in [0, 0.05) is 13.2 Å². The number of hydrogen-bond acceptors (Lipinski definition) is 4. The highest BCUT2D eigenvalue weighted by Crippen LogP contribution is 2.05. The highest BCUT2D eigenvalue weighted by molar-refractivity contribution is 5.87. The number of carbonyl (C=O) groups excluding carboxylic acids is 1. The van der Waals surface area contributed by atoms with E-state index in [1.54, 1.807) is 12.1 Å². The van der Waals surface area contributed by atoms with Gasteiger partial charge in [0.25, 0.3) is 0 Å². The van der Waals surface area contributed by atoms with Crippen molar-refractivity contribution in [2.24, 2.45) is 0 Å². The summed E-state index contributed by atoms with van der Waals surface area (Å²) in [5.74, 6) is -1.15. The summed E-state index contributed by atoms with van der Waals surface area (Å²) in [5, 5.41) is 11.6. The van der Waals surface area contributed by atoms with E-state index in [0.29, 0.717) is 32.8 Å². The molecule has 6 nitrogen and oxygen atoms in total. The second-order valence-electron chi connectivity index (χ2n) is 4.35. The van der Waals surface area contributed by atoms with Gasteiger partial charge < -0.3 is 19.9 Å². The van der Waals surface area contributed by atoms with Crippen LogP contribution in [0.2, 0.25) is 0 Å². The molecule has 21 heavy (non-hydrogen) atoms. The van der Waals surface area contributed by atoms with Gasteiger partial charge in [-0.1, -0.05) is 12.1 Å². The Morgan fingerprint density at radius 2 is 2.00 bits per heavy atom. The third-order valence-corrected chi connectivity index (χ3v) is 2.72. The molecule has 0 atom stereocenters. The molecule has 0 heterocycles. The fraction of sp³-hybridized carbons (Fsp3) is 0.467. The lowest BCUT2D eigenvalue weighted by atomic mass is 10.1. The zero-order valence-corrected chi connectivity index (χ0v) is 12.1. The number of carboxylic acid groups (broad SMARTS) is 1. The molecule has 0 fully saturated rings. The Balaban J connectivity index is 2.19. The molecule has 0 spiro atoms. The molecule has 2 N–H and O–H groups in total. The van der Waals surface area contributed by atoms with E-state index in [1.807, 2.05) is 13.0 Å².